The second-order valence-electron chi connectivity index (χ2n) is 12.5. The highest BCUT2D eigenvalue weighted by atomic mass is 32.1. The van der Waals surface area contributed by atoms with E-state index in [2.05, 4.69) is 181 Å². The summed E-state index contributed by atoms with van der Waals surface area (Å²) < 4.78 is 5.21. The molecule has 2 heterocycles. The molecular weight excluding hydrogens is 631 g/mol. The molecule has 0 aliphatic carbocycles. The van der Waals surface area contributed by atoms with Crippen LogP contribution in [0.4, 0.5) is 17.1 Å². The minimum atomic E-state index is 1.15. The minimum Gasteiger partial charge on any atom is -0.308 e. The van der Waals surface area contributed by atoms with Gasteiger partial charge in [-0.05, 0) is 69.9 Å². The van der Waals surface area contributed by atoms with Crippen LogP contribution in [0.1, 0.15) is 0 Å². The van der Waals surface area contributed by atoms with Crippen LogP contribution in [-0.2, 0) is 0 Å². The van der Waals surface area contributed by atoms with E-state index >= 15 is 0 Å². The van der Waals surface area contributed by atoms with Gasteiger partial charge in [-0.25, -0.2) is 0 Å². The predicted molar refractivity (Wildman–Crippen MR) is 215 cm³/mol. The first-order chi connectivity index (χ1) is 24.3. The molecule has 2 aromatic heterocycles. The molecule has 0 saturated heterocycles. The molecule has 1 nitrogen and oxygen atoms in total. The Hall–Kier alpha value is -5.74. The van der Waals surface area contributed by atoms with E-state index in [9.17, 15) is 0 Å². The van der Waals surface area contributed by atoms with Crippen LogP contribution in [0.15, 0.2) is 176 Å². The Labute approximate surface area is 292 Å². The summed E-state index contributed by atoms with van der Waals surface area (Å²) in [5, 5.41) is 7.75. The third-order valence-corrected chi connectivity index (χ3v) is 12.0. The molecule has 0 fully saturated rings. The molecule has 0 spiro atoms. The largest absolute Gasteiger partial charge is 0.308 e. The number of thiophene rings is 2. The molecule has 10 aromatic rings. The Kier molecular flexibility index (Phi) is 6.61. The summed E-state index contributed by atoms with van der Waals surface area (Å²) in [4.78, 5) is 2.49. The number of fused-ring (bicyclic) bond motifs is 7. The zero-order valence-electron chi connectivity index (χ0n) is 26.5. The van der Waals surface area contributed by atoms with Crippen molar-refractivity contribution in [2.75, 3.05) is 4.90 Å². The number of benzene rings is 8. The van der Waals surface area contributed by atoms with Crippen molar-refractivity contribution in [3.63, 3.8) is 0 Å². The second kappa shape index (κ2) is 11.5. The molecular formula is C46H29NS2. The Balaban J connectivity index is 1.21. The third kappa shape index (κ3) is 4.66. The maximum absolute atomic E-state index is 2.49. The van der Waals surface area contributed by atoms with Crippen LogP contribution in [0, 0.1) is 0 Å². The molecule has 10 rings (SSSR count). The average Bonchev–Trinajstić information content (AvgIpc) is 3.74. The first-order valence-corrected chi connectivity index (χ1v) is 18.2. The van der Waals surface area contributed by atoms with Crippen molar-refractivity contribution in [3.05, 3.63) is 176 Å². The summed E-state index contributed by atoms with van der Waals surface area (Å²) in [6.45, 7) is 0. The van der Waals surface area contributed by atoms with E-state index in [1.165, 1.54) is 79.1 Å². The van der Waals surface area contributed by atoms with Gasteiger partial charge < -0.3 is 4.90 Å². The van der Waals surface area contributed by atoms with Crippen LogP contribution >= 0.6 is 22.7 Å². The van der Waals surface area contributed by atoms with Gasteiger partial charge in [0.2, 0.25) is 0 Å². The highest BCUT2D eigenvalue weighted by Crippen LogP contribution is 2.48. The molecule has 230 valence electrons. The maximum Gasteiger partial charge on any atom is 0.0640 e. The van der Waals surface area contributed by atoms with Gasteiger partial charge in [-0.2, -0.15) is 0 Å². The molecule has 0 atom stereocenters. The minimum absolute atomic E-state index is 1.15. The van der Waals surface area contributed by atoms with Gasteiger partial charge in [-0.3, -0.25) is 0 Å². The smallest absolute Gasteiger partial charge is 0.0640 e. The number of anilines is 3. The van der Waals surface area contributed by atoms with Crippen molar-refractivity contribution < 1.29 is 0 Å². The monoisotopic (exact) mass is 659 g/mol. The zero-order chi connectivity index (χ0) is 32.3. The van der Waals surface area contributed by atoms with Crippen LogP contribution in [0.5, 0.6) is 0 Å². The van der Waals surface area contributed by atoms with Gasteiger partial charge in [-0.1, -0.05) is 133 Å². The number of nitrogens with zero attached hydrogens (tertiary/aromatic N) is 1. The van der Waals surface area contributed by atoms with E-state index in [4.69, 9.17) is 0 Å². The van der Waals surface area contributed by atoms with E-state index < -0.39 is 0 Å². The van der Waals surface area contributed by atoms with Crippen molar-refractivity contribution in [2.24, 2.45) is 0 Å². The van der Waals surface area contributed by atoms with E-state index in [0.717, 1.165) is 11.4 Å². The lowest BCUT2D eigenvalue weighted by molar-refractivity contribution is 1.31. The van der Waals surface area contributed by atoms with Gasteiger partial charge in [0.05, 0.1) is 16.1 Å². The van der Waals surface area contributed by atoms with Crippen LogP contribution in [0.3, 0.4) is 0 Å². The molecule has 0 bridgehead atoms. The van der Waals surface area contributed by atoms with Gasteiger partial charge in [0.1, 0.15) is 0 Å². The van der Waals surface area contributed by atoms with Gasteiger partial charge in [-0.15, -0.1) is 22.7 Å². The number of rotatable bonds is 5. The first kappa shape index (κ1) is 28.3. The summed E-state index contributed by atoms with van der Waals surface area (Å²) in [5.41, 5.74) is 8.35. The van der Waals surface area contributed by atoms with E-state index in [1.54, 1.807) is 0 Å². The lowest BCUT2D eigenvalue weighted by Crippen LogP contribution is -2.11. The first-order valence-electron chi connectivity index (χ1n) is 16.6. The van der Waals surface area contributed by atoms with Gasteiger partial charge >= 0.3 is 0 Å². The van der Waals surface area contributed by atoms with Crippen LogP contribution in [-0.4, -0.2) is 0 Å². The second-order valence-corrected chi connectivity index (χ2v) is 14.6. The maximum atomic E-state index is 2.49. The Bertz CT molecular complexity index is 2850. The quantitative estimate of drug-likeness (QED) is 0.178. The van der Waals surface area contributed by atoms with Crippen molar-refractivity contribution in [3.8, 4) is 22.3 Å². The third-order valence-electron chi connectivity index (χ3n) is 9.66. The van der Waals surface area contributed by atoms with Crippen LogP contribution in [0.25, 0.3) is 73.4 Å². The fourth-order valence-electron chi connectivity index (χ4n) is 7.41. The van der Waals surface area contributed by atoms with Crippen LogP contribution in [0.2, 0.25) is 0 Å². The van der Waals surface area contributed by atoms with Crippen molar-refractivity contribution in [1.82, 2.24) is 0 Å². The fourth-order valence-corrected chi connectivity index (χ4v) is 9.76. The molecule has 0 unspecified atom stereocenters. The highest BCUT2D eigenvalue weighted by molar-refractivity contribution is 7.26. The molecule has 0 aliphatic rings. The summed E-state index contributed by atoms with van der Waals surface area (Å²) in [6, 6.07) is 64.5. The highest BCUT2D eigenvalue weighted by Gasteiger charge is 2.22. The molecule has 0 N–H and O–H groups in total. The molecule has 3 heteroatoms. The average molecular weight is 660 g/mol. The van der Waals surface area contributed by atoms with Gasteiger partial charge in [0, 0.05) is 46.9 Å². The van der Waals surface area contributed by atoms with Gasteiger partial charge in [0.15, 0.2) is 0 Å². The topological polar surface area (TPSA) is 3.24 Å². The summed E-state index contributed by atoms with van der Waals surface area (Å²) in [7, 11) is 0. The lowest BCUT2D eigenvalue weighted by atomic mass is 9.94. The van der Waals surface area contributed by atoms with Crippen LogP contribution < -0.4 is 4.90 Å². The standard InChI is InChI=1S/C46H29NS2/c1-2-16-34-30(12-1)13-10-20-35(34)31-14-9-15-32(28-31)36-17-3-6-22-41(36)47(33-26-27-39-37-18-4-7-24-43(37)48-45(39)29-33)42-23-11-21-40-38-19-5-8-25-44(38)49-46(40)42/h1-29H. The number of para-hydroxylation sites is 1. The molecule has 0 radical (unpaired) electrons. The lowest BCUT2D eigenvalue weighted by Gasteiger charge is -2.28. The molecule has 0 saturated carbocycles. The Morgan fingerprint density at radius 2 is 0.918 bits per heavy atom. The SMILES string of the molecule is c1cc(-c2ccccc2N(c2ccc3c(c2)sc2ccccc23)c2cccc3c2sc2ccccc23)cc(-c2cccc3ccccc23)c1. The van der Waals surface area contributed by atoms with Gasteiger partial charge in [0.25, 0.3) is 0 Å². The van der Waals surface area contributed by atoms with Crippen molar-refractivity contribution in [1.29, 1.82) is 0 Å². The summed E-state index contributed by atoms with van der Waals surface area (Å²) in [5.74, 6) is 0. The predicted octanol–water partition coefficient (Wildman–Crippen LogP) is 14.4. The normalized spacial score (nSPS) is 11.7. The Morgan fingerprint density at radius 3 is 1.80 bits per heavy atom. The molecule has 49 heavy (non-hydrogen) atoms. The fraction of sp³-hybridized carbons (Fsp3) is 0. The van der Waals surface area contributed by atoms with Crippen molar-refractivity contribution in [2.45, 2.75) is 0 Å². The molecule has 8 aromatic carbocycles. The zero-order valence-corrected chi connectivity index (χ0v) is 28.1. The molecule has 0 aliphatic heterocycles. The van der Waals surface area contributed by atoms with E-state index in [1.807, 2.05) is 22.7 Å². The van der Waals surface area contributed by atoms with Crippen molar-refractivity contribution >= 4 is 90.9 Å². The summed E-state index contributed by atoms with van der Waals surface area (Å²) >= 11 is 3.74. The van der Waals surface area contributed by atoms with E-state index in [0.29, 0.717) is 0 Å². The molecule has 0 amide bonds. The number of hydrogen-bond acceptors (Lipinski definition) is 3. The van der Waals surface area contributed by atoms with E-state index in [-0.39, 0.29) is 0 Å². The summed E-state index contributed by atoms with van der Waals surface area (Å²) in [6.07, 6.45) is 0. The Morgan fingerprint density at radius 1 is 0.347 bits per heavy atom. The number of hydrogen-bond donors (Lipinski definition) is 0.